The van der Waals surface area contributed by atoms with E-state index in [1.165, 1.54) is 6.08 Å². The minimum Gasteiger partial charge on any atom is -0.496 e. The molecule has 0 radical (unpaired) electrons. The van der Waals surface area contributed by atoms with E-state index >= 15 is 0 Å². The van der Waals surface area contributed by atoms with Crippen molar-refractivity contribution in [3.8, 4) is 17.1 Å². The van der Waals surface area contributed by atoms with Crippen LogP contribution in [0.4, 0.5) is 0 Å². The number of esters is 1. The summed E-state index contributed by atoms with van der Waals surface area (Å²) in [6, 6.07) is 17.0. The molecular formula is C20H17NO4. The van der Waals surface area contributed by atoms with Gasteiger partial charge in [0.05, 0.1) is 13.3 Å². The Morgan fingerprint density at radius 1 is 1.12 bits per heavy atom. The number of benzene rings is 2. The predicted molar refractivity (Wildman–Crippen MR) is 93.8 cm³/mol. The van der Waals surface area contributed by atoms with Crippen LogP contribution in [0.1, 0.15) is 11.5 Å². The molecule has 0 saturated carbocycles. The molecular weight excluding hydrogens is 318 g/mol. The molecule has 0 amide bonds. The van der Waals surface area contributed by atoms with Crippen molar-refractivity contribution < 1.29 is 18.7 Å². The zero-order valence-electron chi connectivity index (χ0n) is 13.7. The third-order valence-corrected chi connectivity index (χ3v) is 3.49. The first-order valence-corrected chi connectivity index (χ1v) is 7.74. The van der Waals surface area contributed by atoms with Gasteiger partial charge < -0.3 is 13.9 Å². The van der Waals surface area contributed by atoms with Crippen molar-refractivity contribution in [2.75, 3.05) is 7.11 Å². The zero-order chi connectivity index (χ0) is 17.5. The molecule has 0 saturated heterocycles. The van der Waals surface area contributed by atoms with E-state index in [0.29, 0.717) is 17.4 Å². The minimum atomic E-state index is -0.481. The number of para-hydroxylation sites is 1. The maximum atomic E-state index is 11.8. The van der Waals surface area contributed by atoms with Crippen molar-refractivity contribution in [3.05, 3.63) is 78.3 Å². The van der Waals surface area contributed by atoms with Gasteiger partial charge in [0.2, 0.25) is 5.89 Å². The lowest BCUT2D eigenvalue weighted by atomic mass is 10.2. The van der Waals surface area contributed by atoms with Crippen LogP contribution in [0.2, 0.25) is 0 Å². The molecule has 5 heteroatoms. The maximum absolute atomic E-state index is 11.8. The van der Waals surface area contributed by atoms with E-state index in [1.54, 1.807) is 19.4 Å². The molecule has 126 valence electrons. The minimum absolute atomic E-state index is 0.0259. The number of aromatic nitrogens is 1. The monoisotopic (exact) mass is 335 g/mol. The van der Waals surface area contributed by atoms with Crippen molar-refractivity contribution in [3.63, 3.8) is 0 Å². The lowest BCUT2D eigenvalue weighted by Crippen LogP contribution is -2.00. The maximum Gasteiger partial charge on any atom is 0.331 e. The number of hydrogen-bond donors (Lipinski definition) is 0. The predicted octanol–water partition coefficient (Wildman–Crippen LogP) is 4.11. The molecule has 3 aromatic rings. The SMILES string of the molecule is COc1ccccc1/C=C/C(=O)OCc1ncc(-c2ccccc2)o1. The Labute approximate surface area is 145 Å². The van der Waals surface area contributed by atoms with Crippen LogP contribution in [0.3, 0.4) is 0 Å². The van der Waals surface area contributed by atoms with Crippen molar-refractivity contribution >= 4 is 12.0 Å². The largest absolute Gasteiger partial charge is 0.496 e. The second kappa shape index (κ2) is 7.97. The van der Waals surface area contributed by atoms with Crippen LogP contribution in [0.5, 0.6) is 5.75 Å². The molecule has 0 aliphatic carbocycles. The summed E-state index contributed by atoms with van der Waals surface area (Å²) >= 11 is 0. The zero-order valence-corrected chi connectivity index (χ0v) is 13.7. The van der Waals surface area contributed by atoms with Crippen LogP contribution in [-0.2, 0) is 16.1 Å². The van der Waals surface area contributed by atoms with Gasteiger partial charge in [-0.15, -0.1) is 0 Å². The van der Waals surface area contributed by atoms with Crippen LogP contribution >= 0.6 is 0 Å². The molecule has 3 rings (SSSR count). The van der Waals surface area contributed by atoms with Gasteiger partial charge >= 0.3 is 5.97 Å². The van der Waals surface area contributed by atoms with E-state index in [4.69, 9.17) is 13.9 Å². The molecule has 5 nitrogen and oxygen atoms in total. The van der Waals surface area contributed by atoms with Crippen molar-refractivity contribution in [1.29, 1.82) is 0 Å². The number of oxazole rings is 1. The fraction of sp³-hybridized carbons (Fsp3) is 0.100. The lowest BCUT2D eigenvalue weighted by Gasteiger charge is -2.03. The third-order valence-electron chi connectivity index (χ3n) is 3.49. The second-order valence-electron chi connectivity index (χ2n) is 5.17. The molecule has 0 bridgehead atoms. The van der Waals surface area contributed by atoms with E-state index < -0.39 is 5.97 Å². The fourth-order valence-electron chi connectivity index (χ4n) is 2.26. The summed E-state index contributed by atoms with van der Waals surface area (Å²) in [5.74, 6) is 1.19. The van der Waals surface area contributed by atoms with E-state index in [9.17, 15) is 4.79 Å². The molecule has 25 heavy (non-hydrogen) atoms. The van der Waals surface area contributed by atoms with E-state index in [-0.39, 0.29) is 6.61 Å². The summed E-state index contributed by atoms with van der Waals surface area (Å²) in [5, 5.41) is 0. The topological polar surface area (TPSA) is 61.6 Å². The summed E-state index contributed by atoms with van der Waals surface area (Å²) in [5.41, 5.74) is 1.72. The molecule has 0 atom stereocenters. The first kappa shape index (κ1) is 16.5. The van der Waals surface area contributed by atoms with Crippen LogP contribution in [-0.4, -0.2) is 18.1 Å². The van der Waals surface area contributed by atoms with Gasteiger partial charge in [0.15, 0.2) is 12.4 Å². The van der Waals surface area contributed by atoms with Crippen molar-refractivity contribution in [2.24, 2.45) is 0 Å². The van der Waals surface area contributed by atoms with Crippen molar-refractivity contribution in [1.82, 2.24) is 4.98 Å². The number of hydrogen-bond acceptors (Lipinski definition) is 5. The number of methoxy groups -OCH3 is 1. The molecule has 0 unspecified atom stereocenters. The van der Waals surface area contributed by atoms with Crippen molar-refractivity contribution in [2.45, 2.75) is 6.61 Å². The Kier molecular flexibility index (Phi) is 5.26. The van der Waals surface area contributed by atoms with E-state index in [2.05, 4.69) is 4.98 Å². The number of carbonyl (C=O) groups excluding carboxylic acids is 1. The highest BCUT2D eigenvalue weighted by molar-refractivity contribution is 5.87. The van der Waals surface area contributed by atoms with E-state index in [1.807, 2.05) is 54.6 Å². The van der Waals surface area contributed by atoms with Gasteiger partial charge in [-0.25, -0.2) is 9.78 Å². The molecule has 1 aromatic heterocycles. The molecule has 0 aliphatic rings. The number of ether oxygens (including phenoxy) is 2. The number of carbonyl (C=O) groups is 1. The lowest BCUT2D eigenvalue weighted by molar-refractivity contribution is -0.139. The van der Waals surface area contributed by atoms with Gasteiger partial charge in [0.1, 0.15) is 5.75 Å². The van der Waals surface area contributed by atoms with Gasteiger partial charge in [-0.2, -0.15) is 0 Å². The number of nitrogens with zero attached hydrogens (tertiary/aromatic N) is 1. The molecule has 1 heterocycles. The van der Waals surface area contributed by atoms with Gasteiger partial charge in [-0.1, -0.05) is 48.5 Å². The quantitative estimate of drug-likeness (QED) is 0.501. The first-order valence-electron chi connectivity index (χ1n) is 7.74. The highest BCUT2D eigenvalue weighted by Crippen LogP contribution is 2.20. The van der Waals surface area contributed by atoms with Gasteiger partial charge in [-0.3, -0.25) is 0 Å². The highest BCUT2D eigenvalue weighted by atomic mass is 16.5. The normalized spacial score (nSPS) is 10.8. The van der Waals surface area contributed by atoms with Gasteiger partial charge in [0.25, 0.3) is 0 Å². The summed E-state index contributed by atoms with van der Waals surface area (Å²) in [6.45, 7) is -0.0259. The van der Waals surface area contributed by atoms with Gasteiger partial charge in [-0.05, 0) is 12.1 Å². The van der Waals surface area contributed by atoms with Crippen LogP contribution in [0.15, 0.2) is 71.3 Å². The smallest absolute Gasteiger partial charge is 0.331 e. The Hall–Kier alpha value is -3.34. The molecule has 0 spiro atoms. The Balaban J connectivity index is 1.58. The standard InChI is InChI=1S/C20H17NO4/c1-23-17-10-6-5-9-16(17)11-12-20(22)24-14-19-21-13-18(25-19)15-7-3-2-4-8-15/h2-13H,14H2,1H3/b12-11+. The fourth-order valence-corrected chi connectivity index (χ4v) is 2.26. The Morgan fingerprint density at radius 3 is 2.68 bits per heavy atom. The summed E-state index contributed by atoms with van der Waals surface area (Å²) in [6.07, 6.45) is 4.61. The molecule has 0 fully saturated rings. The summed E-state index contributed by atoms with van der Waals surface area (Å²) in [7, 11) is 1.58. The Morgan fingerprint density at radius 2 is 1.88 bits per heavy atom. The van der Waals surface area contributed by atoms with Crippen LogP contribution in [0.25, 0.3) is 17.4 Å². The summed E-state index contributed by atoms with van der Waals surface area (Å²) < 4.78 is 16.0. The molecule has 0 N–H and O–H groups in total. The van der Waals surface area contributed by atoms with Gasteiger partial charge in [0, 0.05) is 17.2 Å². The average molecular weight is 335 g/mol. The third kappa shape index (κ3) is 4.35. The number of rotatable bonds is 6. The first-order chi connectivity index (χ1) is 12.3. The van der Waals surface area contributed by atoms with Crippen LogP contribution < -0.4 is 4.74 Å². The molecule has 2 aromatic carbocycles. The second-order valence-corrected chi connectivity index (χ2v) is 5.17. The average Bonchev–Trinajstić information content (AvgIpc) is 3.14. The van der Waals surface area contributed by atoms with E-state index in [0.717, 1.165) is 11.1 Å². The van der Waals surface area contributed by atoms with Crippen LogP contribution in [0, 0.1) is 0 Å². The highest BCUT2D eigenvalue weighted by Gasteiger charge is 2.08. The summed E-state index contributed by atoms with van der Waals surface area (Å²) in [4.78, 5) is 16.0. The molecule has 0 aliphatic heterocycles. The Bertz CT molecular complexity index is 868.